The van der Waals surface area contributed by atoms with Crippen LogP contribution in [0.2, 0.25) is 10.0 Å². The third-order valence-electron chi connectivity index (χ3n) is 3.61. The molecule has 2 aromatic carbocycles. The van der Waals surface area contributed by atoms with Crippen LogP contribution in [0, 0.1) is 6.92 Å². The Morgan fingerprint density at radius 1 is 1.17 bits per heavy atom. The number of hydrogen-bond donors (Lipinski definition) is 1. The number of rotatable bonds is 7. The van der Waals surface area contributed by atoms with Crippen molar-refractivity contribution in [1.82, 2.24) is 5.32 Å². The van der Waals surface area contributed by atoms with Crippen molar-refractivity contribution in [3.8, 4) is 5.75 Å². The summed E-state index contributed by atoms with van der Waals surface area (Å²) in [5, 5.41) is 3.97. The van der Waals surface area contributed by atoms with Crippen molar-refractivity contribution >= 4 is 29.1 Å². The number of benzene rings is 2. The first kappa shape index (κ1) is 18.6. The average molecular weight is 366 g/mol. The van der Waals surface area contributed by atoms with Gasteiger partial charge < -0.3 is 10.1 Å². The molecule has 0 radical (unpaired) electrons. The summed E-state index contributed by atoms with van der Waals surface area (Å²) in [4.78, 5) is 12.0. The highest BCUT2D eigenvalue weighted by Crippen LogP contribution is 2.23. The predicted molar refractivity (Wildman–Crippen MR) is 99.1 cm³/mol. The smallest absolute Gasteiger partial charge is 0.220 e. The van der Waals surface area contributed by atoms with E-state index in [1.165, 1.54) is 0 Å². The molecule has 1 amide bonds. The topological polar surface area (TPSA) is 38.3 Å². The number of para-hydroxylation sites is 1. The standard InChI is InChI=1S/C19H21Cl2NO2/c1-13-5-3-4-6-18(13)24-12-14(2)22-19(23)10-8-15-7-9-16(20)17(21)11-15/h3-7,9,11,14H,8,10,12H2,1-2H3,(H,22,23)/t14-/m0/s1. The van der Waals surface area contributed by atoms with Crippen LogP contribution in [0.3, 0.4) is 0 Å². The minimum atomic E-state index is -0.0640. The molecule has 0 aromatic heterocycles. The van der Waals surface area contributed by atoms with E-state index in [4.69, 9.17) is 27.9 Å². The number of nitrogens with one attached hydrogen (secondary N) is 1. The third-order valence-corrected chi connectivity index (χ3v) is 4.35. The second kappa shape index (κ2) is 8.95. The van der Waals surface area contributed by atoms with Crippen LogP contribution in [0.4, 0.5) is 0 Å². The van der Waals surface area contributed by atoms with E-state index >= 15 is 0 Å². The molecule has 0 saturated carbocycles. The van der Waals surface area contributed by atoms with Gasteiger partial charge >= 0.3 is 0 Å². The molecule has 0 heterocycles. The highest BCUT2D eigenvalue weighted by Gasteiger charge is 2.09. The number of hydrogen-bond acceptors (Lipinski definition) is 2. The largest absolute Gasteiger partial charge is 0.491 e. The van der Waals surface area contributed by atoms with Crippen molar-refractivity contribution in [2.75, 3.05) is 6.61 Å². The number of amides is 1. The first-order valence-corrected chi connectivity index (χ1v) is 8.63. The summed E-state index contributed by atoms with van der Waals surface area (Å²) in [6.07, 6.45) is 1.01. The van der Waals surface area contributed by atoms with Gasteiger partial charge in [0, 0.05) is 6.42 Å². The molecule has 0 bridgehead atoms. The van der Waals surface area contributed by atoms with Crippen molar-refractivity contribution < 1.29 is 9.53 Å². The lowest BCUT2D eigenvalue weighted by atomic mass is 10.1. The first-order valence-electron chi connectivity index (χ1n) is 7.87. The molecule has 1 atom stereocenters. The maximum Gasteiger partial charge on any atom is 0.220 e. The molecule has 2 rings (SSSR count). The Kier molecular flexibility index (Phi) is 6.95. The Bertz CT molecular complexity index is 704. The van der Waals surface area contributed by atoms with Crippen LogP contribution >= 0.6 is 23.2 Å². The second-order valence-electron chi connectivity index (χ2n) is 5.79. The molecule has 2 aromatic rings. The normalized spacial score (nSPS) is 11.8. The molecule has 1 N–H and O–H groups in total. The van der Waals surface area contributed by atoms with Gasteiger partial charge in [0.25, 0.3) is 0 Å². The molecule has 3 nitrogen and oxygen atoms in total. The molecular formula is C19H21Cl2NO2. The number of ether oxygens (including phenoxy) is 1. The number of halogens is 2. The summed E-state index contributed by atoms with van der Waals surface area (Å²) in [5.41, 5.74) is 2.07. The van der Waals surface area contributed by atoms with Gasteiger partial charge in [0.15, 0.2) is 0 Å². The van der Waals surface area contributed by atoms with Gasteiger partial charge in [-0.15, -0.1) is 0 Å². The molecule has 0 aliphatic carbocycles. The van der Waals surface area contributed by atoms with E-state index in [1.54, 1.807) is 12.1 Å². The van der Waals surface area contributed by atoms with Crippen LogP contribution in [0.1, 0.15) is 24.5 Å². The third kappa shape index (κ3) is 5.73. The van der Waals surface area contributed by atoms with E-state index in [-0.39, 0.29) is 11.9 Å². The van der Waals surface area contributed by atoms with Crippen molar-refractivity contribution in [1.29, 1.82) is 0 Å². The van der Waals surface area contributed by atoms with Crippen LogP contribution in [0.15, 0.2) is 42.5 Å². The Labute approximate surface area is 152 Å². The number of carbonyl (C=O) groups is 1. The Hall–Kier alpha value is -1.71. The Morgan fingerprint density at radius 3 is 2.62 bits per heavy atom. The van der Waals surface area contributed by atoms with Gasteiger partial charge in [0.1, 0.15) is 12.4 Å². The molecular weight excluding hydrogens is 345 g/mol. The van der Waals surface area contributed by atoms with Crippen LogP contribution in [0.25, 0.3) is 0 Å². The van der Waals surface area contributed by atoms with Crippen molar-refractivity contribution in [3.63, 3.8) is 0 Å². The van der Waals surface area contributed by atoms with Gasteiger partial charge in [-0.05, 0) is 49.6 Å². The molecule has 0 unspecified atom stereocenters. The van der Waals surface area contributed by atoms with Gasteiger partial charge in [-0.1, -0.05) is 47.5 Å². The summed E-state index contributed by atoms with van der Waals surface area (Å²) < 4.78 is 5.74. The van der Waals surface area contributed by atoms with E-state index in [9.17, 15) is 4.79 Å². The summed E-state index contributed by atoms with van der Waals surface area (Å²) in [6.45, 7) is 4.36. The lowest BCUT2D eigenvalue weighted by molar-refractivity contribution is -0.121. The highest BCUT2D eigenvalue weighted by atomic mass is 35.5. The Morgan fingerprint density at radius 2 is 1.92 bits per heavy atom. The van der Waals surface area contributed by atoms with Crippen LogP contribution in [-0.4, -0.2) is 18.6 Å². The fraction of sp³-hybridized carbons (Fsp3) is 0.316. The van der Waals surface area contributed by atoms with Crippen LogP contribution < -0.4 is 10.1 Å². The fourth-order valence-corrected chi connectivity index (χ4v) is 2.60. The summed E-state index contributed by atoms with van der Waals surface area (Å²) >= 11 is 11.9. The number of carbonyl (C=O) groups excluding carboxylic acids is 1. The predicted octanol–water partition coefficient (Wildman–Crippen LogP) is 4.82. The molecule has 0 spiro atoms. The van der Waals surface area contributed by atoms with Crippen molar-refractivity contribution in [2.45, 2.75) is 32.7 Å². The van der Waals surface area contributed by atoms with Crippen LogP contribution in [0.5, 0.6) is 5.75 Å². The van der Waals surface area contributed by atoms with E-state index < -0.39 is 0 Å². The summed E-state index contributed by atoms with van der Waals surface area (Å²) in [5.74, 6) is 0.830. The van der Waals surface area contributed by atoms with E-state index in [1.807, 2.05) is 44.2 Å². The van der Waals surface area contributed by atoms with Crippen molar-refractivity contribution in [2.24, 2.45) is 0 Å². The zero-order valence-electron chi connectivity index (χ0n) is 13.8. The van der Waals surface area contributed by atoms with E-state index in [2.05, 4.69) is 5.32 Å². The average Bonchev–Trinajstić information content (AvgIpc) is 2.55. The van der Waals surface area contributed by atoms with E-state index in [0.29, 0.717) is 29.5 Å². The maximum atomic E-state index is 12.0. The van der Waals surface area contributed by atoms with Gasteiger partial charge in [0.05, 0.1) is 16.1 Å². The SMILES string of the molecule is Cc1ccccc1OC[C@H](C)NC(=O)CCc1ccc(Cl)c(Cl)c1. The minimum absolute atomic E-state index is 0.0121. The zero-order valence-corrected chi connectivity index (χ0v) is 15.3. The van der Waals surface area contributed by atoms with Crippen molar-refractivity contribution in [3.05, 3.63) is 63.6 Å². The van der Waals surface area contributed by atoms with Gasteiger partial charge in [-0.25, -0.2) is 0 Å². The molecule has 0 saturated heterocycles. The summed E-state index contributed by atoms with van der Waals surface area (Å²) in [7, 11) is 0. The lowest BCUT2D eigenvalue weighted by Gasteiger charge is -2.16. The lowest BCUT2D eigenvalue weighted by Crippen LogP contribution is -2.36. The molecule has 0 aliphatic heterocycles. The molecule has 128 valence electrons. The first-order chi connectivity index (χ1) is 11.5. The Balaban J connectivity index is 1.75. The van der Waals surface area contributed by atoms with E-state index in [0.717, 1.165) is 16.9 Å². The van der Waals surface area contributed by atoms with Crippen LogP contribution in [-0.2, 0) is 11.2 Å². The monoisotopic (exact) mass is 365 g/mol. The quantitative estimate of drug-likeness (QED) is 0.763. The minimum Gasteiger partial charge on any atom is -0.491 e. The maximum absolute atomic E-state index is 12.0. The molecule has 0 fully saturated rings. The second-order valence-corrected chi connectivity index (χ2v) is 6.61. The fourth-order valence-electron chi connectivity index (χ4n) is 2.27. The molecule has 24 heavy (non-hydrogen) atoms. The van der Waals surface area contributed by atoms with Gasteiger partial charge in [-0.3, -0.25) is 4.79 Å². The number of aryl methyl sites for hydroxylation is 2. The molecule has 5 heteroatoms. The van der Waals surface area contributed by atoms with Gasteiger partial charge in [0.2, 0.25) is 5.91 Å². The zero-order chi connectivity index (χ0) is 17.5. The van der Waals surface area contributed by atoms with Gasteiger partial charge in [-0.2, -0.15) is 0 Å². The summed E-state index contributed by atoms with van der Waals surface area (Å²) in [6, 6.07) is 13.2. The highest BCUT2D eigenvalue weighted by molar-refractivity contribution is 6.42. The molecule has 0 aliphatic rings.